The second-order valence-corrected chi connectivity index (χ2v) is 4.51. The Morgan fingerprint density at radius 3 is 1.11 bits per heavy atom. The van der Waals surface area contributed by atoms with Crippen LogP contribution in [0.1, 0.15) is 40.0 Å². The fourth-order valence-corrected chi connectivity index (χ4v) is 1.65. The van der Waals surface area contributed by atoms with Gasteiger partial charge >= 0.3 is 17.9 Å². The standard InChI is InChI=1S/C12H18O6/c1-7-4-10(13)17-9(3)6-12(15)18-8(2)5-11(14)16-7/h7-9H,4-6H2,1-3H3/t7-,8-,9?/m1/s1. The Morgan fingerprint density at radius 1 is 0.667 bits per heavy atom. The highest BCUT2D eigenvalue weighted by Crippen LogP contribution is 2.11. The Labute approximate surface area is 106 Å². The van der Waals surface area contributed by atoms with Gasteiger partial charge in [-0.2, -0.15) is 0 Å². The molecule has 1 saturated heterocycles. The van der Waals surface area contributed by atoms with Crippen LogP contribution in [-0.2, 0) is 28.6 Å². The largest absolute Gasteiger partial charge is 0.462 e. The summed E-state index contributed by atoms with van der Waals surface area (Å²) in [6.07, 6.45) is -1.67. The SMILES string of the molecule is CC1CC(=O)O[C@H](C)CC(=O)O[C@H](C)CC(=O)O1. The van der Waals surface area contributed by atoms with Crippen molar-refractivity contribution in [1.82, 2.24) is 0 Å². The minimum absolute atomic E-state index is 0.0144. The van der Waals surface area contributed by atoms with Crippen molar-refractivity contribution in [2.24, 2.45) is 0 Å². The lowest BCUT2D eigenvalue weighted by Gasteiger charge is -2.20. The minimum Gasteiger partial charge on any atom is -0.462 e. The molecule has 0 aliphatic carbocycles. The Hall–Kier alpha value is -1.59. The lowest BCUT2D eigenvalue weighted by molar-refractivity contribution is -0.165. The van der Waals surface area contributed by atoms with E-state index in [4.69, 9.17) is 14.2 Å². The number of rotatable bonds is 0. The Bertz CT molecular complexity index is 261. The van der Waals surface area contributed by atoms with E-state index in [2.05, 4.69) is 0 Å². The molecular formula is C12H18O6. The predicted molar refractivity (Wildman–Crippen MR) is 60.5 cm³/mol. The Balaban J connectivity index is 2.69. The highest BCUT2D eigenvalue weighted by atomic mass is 16.6. The summed E-state index contributed by atoms with van der Waals surface area (Å²) < 4.78 is 15.0. The van der Waals surface area contributed by atoms with Crippen LogP contribution in [0.25, 0.3) is 0 Å². The van der Waals surface area contributed by atoms with Crippen molar-refractivity contribution in [2.75, 3.05) is 0 Å². The molecule has 0 bridgehead atoms. The first kappa shape index (κ1) is 14.5. The van der Waals surface area contributed by atoms with Crippen LogP contribution in [-0.4, -0.2) is 36.2 Å². The maximum absolute atomic E-state index is 11.4. The molecule has 0 aromatic heterocycles. The fraction of sp³-hybridized carbons (Fsp3) is 0.750. The van der Waals surface area contributed by atoms with Crippen LogP contribution >= 0.6 is 0 Å². The average Bonchev–Trinajstić information content (AvgIpc) is 2.12. The minimum atomic E-state index is -0.542. The maximum Gasteiger partial charge on any atom is 0.309 e. The second-order valence-electron chi connectivity index (χ2n) is 4.51. The van der Waals surface area contributed by atoms with Crippen molar-refractivity contribution in [3.8, 4) is 0 Å². The van der Waals surface area contributed by atoms with Gasteiger partial charge in [0.1, 0.15) is 18.3 Å². The van der Waals surface area contributed by atoms with E-state index in [1.54, 1.807) is 20.8 Å². The van der Waals surface area contributed by atoms with E-state index in [1.807, 2.05) is 0 Å². The van der Waals surface area contributed by atoms with Crippen LogP contribution in [0.4, 0.5) is 0 Å². The van der Waals surface area contributed by atoms with Gasteiger partial charge in [0.25, 0.3) is 0 Å². The number of hydrogen-bond acceptors (Lipinski definition) is 6. The van der Waals surface area contributed by atoms with Gasteiger partial charge in [0.2, 0.25) is 0 Å². The van der Waals surface area contributed by atoms with Gasteiger partial charge in [0.05, 0.1) is 19.3 Å². The predicted octanol–water partition coefficient (Wildman–Crippen LogP) is 0.965. The molecule has 0 amide bonds. The molecule has 0 radical (unpaired) electrons. The third kappa shape index (κ3) is 5.16. The highest BCUT2D eigenvalue weighted by Gasteiger charge is 2.23. The Kier molecular flexibility index (Phi) is 5.12. The van der Waals surface area contributed by atoms with Crippen LogP contribution in [0.5, 0.6) is 0 Å². The van der Waals surface area contributed by atoms with Gasteiger partial charge in [-0.25, -0.2) is 0 Å². The lowest BCUT2D eigenvalue weighted by Crippen LogP contribution is -2.29. The third-order valence-corrected chi connectivity index (χ3v) is 2.36. The fourth-order valence-electron chi connectivity index (χ4n) is 1.65. The van der Waals surface area contributed by atoms with E-state index < -0.39 is 36.2 Å². The van der Waals surface area contributed by atoms with Gasteiger partial charge in [-0.15, -0.1) is 0 Å². The van der Waals surface area contributed by atoms with E-state index in [9.17, 15) is 14.4 Å². The average molecular weight is 258 g/mol. The smallest absolute Gasteiger partial charge is 0.309 e. The molecule has 102 valence electrons. The van der Waals surface area contributed by atoms with Crippen LogP contribution < -0.4 is 0 Å². The molecule has 1 unspecified atom stereocenters. The summed E-state index contributed by atoms with van der Waals surface area (Å²) in [5.41, 5.74) is 0. The monoisotopic (exact) mass is 258 g/mol. The van der Waals surface area contributed by atoms with Gasteiger partial charge in [0.15, 0.2) is 0 Å². The summed E-state index contributed by atoms with van der Waals surface area (Å²) in [5, 5.41) is 0. The molecule has 1 aliphatic heterocycles. The first-order valence-electron chi connectivity index (χ1n) is 5.95. The van der Waals surface area contributed by atoms with E-state index in [0.717, 1.165) is 0 Å². The summed E-state index contributed by atoms with van der Waals surface area (Å²) in [6.45, 7) is 4.85. The van der Waals surface area contributed by atoms with Crippen molar-refractivity contribution >= 4 is 17.9 Å². The number of hydrogen-bond donors (Lipinski definition) is 0. The normalized spacial score (nSPS) is 31.5. The third-order valence-electron chi connectivity index (χ3n) is 2.36. The Morgan fingerprint density at radius 2 is 0.889 bits per heavy atom. The summed E-state index contributed by atoms with van der Waals surface area (Å²) in [6, 6.07) is 0. The van der Waals surface area contributed by atoms with Crippen LogP contribution in [0.3, 0.4) is 0 Å². The summed E-state index contributed by atoms with van der Waals surface area (Å²) in [5.74, 6) is -1.49. The van der Waals surface area contributed by atoms with Crippen molar-refractivity contribution in [3.05, 3.63) is 0 Å². The zero-order valence-corrected chi connectivity index (χ0v) is 10.8. The van der Waals surface area contributed by atoms with Crippen molar-refractivity contribution in [2.45, 2.75) is 58.3 Å². The number of esters is 3. The molecule has 3 atom stereocenters. The van der Waals surface area contributed by atoms with Crippen LogP contribution in [0.2, 0.25) is 0 Å². The zero-order chi connectivity index (χ0) is 13.7. The molecule has 6 heteroatoms. The first-order valence-corrected chi connectivity index (χ1v) is 5.95. The van der Waals surface area contributed by atoms with Gasteiger partial charge in [-0.1, -0.05) is 0 Å². The van der Waals surface area contributed by atoms with E-state index in [1.165, 1.54) is 0 Å². The molecule has 0 aromatic rings. The summed E-state index contributed by atoms with van der Waals surface area (Å²) >= 11 is 0. The molecule has 0 aromatic carbocycles. The van der Waals surface area contributed by atoms with E-state index in [0.29, 0.717) is 0 Å². The van der Waals surface area contributed by atoms with Crippen LogP contribution in [0, 0.1) is 0 Å². The van der Waals surface area contributed by atoms with E-state index >= 15 is 0 Å². The molecule has 1 aliphatic rings. The highest BCUT2D eigenvalue weighted by molar-refractivity contribution is 5.75. The number of cyclic esters (lactones) is 3. The quantitative estimate of drug-likeness (QED) is 0.476. The topological polar surface area (TPSA) is 78.9 Å². The number of carbonyl (C=O) groups is 3. The van der Waals surface area contributed by atoms with Gasteiger partial charge in [0, 0.05) is 0 Å². The molecule has 0 N–H and O–H groups in total. The molecule has 6 nitrogen and oxygen atoms in total. The van der Waals surface area contributed by atoms with E-state index in [-0.39, 0.29) is 19.3 Å². The molecular weight excluding hydrogens is 240 g/mol. The first-order chi connectivity index (χ1) is 8.36. The van der Waals surface area contributed by atoms with Crippen molar-refractivity contribution in [1.29, 1.82) is 0 Å². The van der Waals surface area contributed by atoms with Crippen molar-refractivity contribution in [3.63, 3.8) is 0 Å². The number of carbonyl (C=O) groups excluding carboxylic acids is 3. The molecule has 1 heterocycles. The summed E-state index contributed by atoms with van der Waals surface area (Å²) in [7, 11) is 0. The molecule has 18 heavy (non-hydrogen) atoms. The maximum atomic E-state index is 11.4. The zero-order valence-electron chi connectivity index (χ0n) is 10.8. The van der Waals surface area contributed by atoms with Crippen molar-refractivity contribution < 1.29 is 28.6 Å². The lowest BCUT2D eigenvalue weighted by atomic mass is 10.2. The van der Waals surface area contributed by atoms with Gasteiger partial charge < -0.3 is 14.2 Å². The van der Waals surface area contributed by atoms with Gasteiger partial charge in [-0.3, -0.25) is 14.4 Å². The van der Waals surface area contributed by atoms with Gasteiger partial charge in [-0.05, 0) is 20.8 Å². The van der Waals surface area contributed by atoms with Crippen LogP contribution in [0.15, 0.2) is 0 Å². The summed E-state index contributed by atoms with van der Waals surface area (Å²) in [4.78, 5) is 34.3. The molecule has 0 saturated carbocycles. The molecule has 0 spiro atoms. The molecule has 1 rings (SSSR count). The second kappa shape index (κ2) is 6.37. The molecule has 1 fully saturated rings. The number of ether oxygens (including phenoxy) is 3.